The summed E-state index contributed by atoms with van der Waals surface area (Å²) in [6.07, 6.45) is 1.19. The predicted octanol–water partition coefficient (Wildman–Crippen LogP) is 2.72. The Kier molecular flexibility index (Phi) is 7.11. The smallest absolute Gasteiger partial charge is 0.126 e. The van der Waals surface area contributed by atoms with Crippen LogP contribution in [0.2, 0.25) is 0 Å². The van der Waals surface area contributed by atoms with E-state index in [0.717, 1.165) is 36.3 Å². The van der Waals surface area contributed by atoms with E-state index in [0.29, 0.717) is 6.61 Å². The summed E-state index contributed by atoms with van der Waals surface area (Å²) < 4.78 is 16.1. The van der Waals surface area contributed by atoms with Crippen molar-refractivity contribution in [3.8, 4) is 17.2 Å². The van der Waals surface area contributed by atoms with E-state index in [1.165, 1.54) is 6.42 Å². The highest BCUT2D eigenvalue weighted by molar-refractivity contribution is 5.41. The van der Waals surface area contributed by atoms with Gasteiger partial charge >= 0.3 is 0 Å². The van der Waals surface area contributed by atoms with Crippen molar-refractivity contribution in [2.75, 3.05) is 33.9 Å². The van der Waals surface area contributed by atoms with E-state index in [9.17, 15) is 0 Å². The second kappa shape index (κ2) is 8.64. The van der Waals surface area contributed by atoms with Crippen LogP contribution in [-0.4, -0.2) is 33.9 Å². The van der Waals surface area contributed by atoms with Crippen LogP contribution in [0.5, 0.6) is 17.2 Å². The summed E-state index contributed by atoms with van der Waals surface area (Å²) in [7, 11) is 3.26. The lowest BCUT2D eigenvalue weighted by Gasteiger charge is -2.11. The number of hydrogen-bond donors (Lipinski definition) is 1. The first kappa shape index (κ1) is 15.6. The minimum Gasteiger partial charge on any atom is -0.496 e. The lowest BCUT2D eigenvalue weighted by Crippen LogP contribution is -2.23. The Hall–Kier alpha value is -1.42. The summed E-state index contributed by atoms with van der Waals surface area (Å²) in [5.74, 6) is 2.97. The van der Waals surface area contributed by atoms with Crippen molar-refractivity contribution in [3.63, 3.8) is 0 Å². The average molecular weight is 267 g/mol. The Morgan fingerprint density at radius 1 is 0.947 bits per heavy atom. The van der Waals surface area contributed by atoms with Crippen molar-refractivity contribution in [2.24, 2.45) is 5.92 Å². The fourth-order valence-corrected chi connectivity index (χ4v) is 1.62. The first-order chi connectivity index (χ1) is 9.15. The van der Waals surface area contributed by atoms with Crippen LogP contribution in [0.25, 0.3) is 0 Å². The molecule has 108 valence electrons. The van der Waals surface area contributed by atoms with Crippen LogP contribution in [0, 0.1) is 5.92 Å². The Labute approximate surface area is 116 Å². The molecule has 4 nitrogen and oxygen atoms in total. The molecule has 1 rings (SSSR count). The van der Waals surface area contributed by atoms with Gasteiger partial charge in [0, 0.05) is 24.7 Å². The van der Waals surface area contributed by atoms with Crippen molar-refractivity contribution in [3.05, 3.63) is 18.2 Å². The maximum atomic E-state index is 5.68. The topological polar surface area (TPSA) is 39.7 Å². The molecule has 0 fully saturated rings. The SMILES string of the molecule is COc1cc(OC)cc(OCCNCCC(C)C)c1. The van der Waals surface area contributed by atoms with E-state index in [2.05, 4.69) is 19.2 Å². The molecule has 4 heteroatoms. The van der Waals surface area contributed by atoms with E-state index >= 15 is 0 Å². The molecule has 1 N–H and O–H groups in total. The third kappa shape index (κ3) is 6.34. The first-order valence-corrected chi connectivity index (χ1v) is 6.72. The minimum atomic E-state index is 0.633. The lowest BCUT2D eigenvalue weighted by atomic mass is 10.1. The molecule has 0 saturated carbocycles. The number of ether oxygens (including phenoxy) is 3. The van der Waals surface area contributed by atoms with Crippen LogP contribution >= 0.6 is 0 Å². The van der Waals surface area contributed by atoms with Gasteiger partial charge in [-0.1, -0.05) is 13.8 Å². The van der Waals surface area contributed by atoms with Gasteiger partial charge < -0.3 is 19.5 Å². The molecule has 0 amide bonds. The molecular weight excluding hydrogens is 242 g/mol. The van der Waals surface area contributed by atoms with Crippen molar-refractivity contribution < 1.29 is 14.2 Å². The highest BCUT2D eigenvalue weighted by atomic mass is 16.5. The summed E-state index contributed by atoms with van der Waals surface area (Å²) in [6.45, 7) is 6.95. The van der Waals surface area contributed by atoms with Gasteiger partial charge in [0.15, 0.2) is 0 Å². The molecule has 0 bridgehead atoms. The van der Waals surface area contributed by atoms with Crippen LogP contribution in [0.1, 0.15) is 20.3 Å². The van der Waals surface area contributed by atoms with Crippen LogP contribution in [-0.2, 0) is 0 Å². The average Bonchev–Trinajstić information content (AvgIpc) is 2.41. The Morgan fingerprint density at radius 2 is 1.53 bits per heavy atom. The summed E-state index contributed by atoms with van der Waals surface area (Å²) in [6, 6.07) is 5.54. The molecule has 0 heterocycles. The molecule has 0 spiro atoms. The summed E-state index contributed by atoms with van der Waals surface area (Å²) >= 11 is 0. The number of methoxy groups -OCH3 is 2. The maximum absolute atomic E-state index is 5.68. The molecule has 1 aromatic rings. The molecule has 19 heavy (non-hydrogen) atoms. The number of rotatable bonds is 9. The number of nitrogens with one attached hydrogen (secondary N) is 1. The van der Waals surface area contributed by atoms with Crippen LogP contribution < -0.4 is 19.5 Å². The molecule has 0 unspecified atom stereocenters. The van der Waals surface area contributed by atoms with Crippen LogP contribution in [0.4, 0.5) is 0 Å². The zero-order valence-electron chi connectivity index (χ0n) is 12.4. The van der Waals surface area contributed by atoms with Gasteiger partial charge in [-0.3, -0.25) is 0 Å². The van der Waals surface area contributed by atoms with E-state index in [-0.39, 0.29) is 0 Å². The Bertz CT molecular complexity index is 344. The van der Waals surface area contributed by atoms with Crippen molar-refractivity contribution in [2.45, 2.75) is 20.3 Å². The third-order valence-electron chi connectivity index (χ3n) is 2.77. The normalized spacial score (nSPS) is 10.6. The minimum absolute atomic E-state index is 0.633. The standard InChI is InChI=1S/C15H25NO3/c1-12(2)5-6-16-7-8-19-15-10-13(17-3)9-14(11-15)18-4/h9-12,16H,5-8H2,1-4H3. The van der Waals surface area contributed by atoms with E-state index in [4.69, 9.17) is 14.2 Å². The fraction of sp³-hybridized carbons (Fsp3) is 0.600. The van der Waals surface area contributed by atoms with Gasteiger partial charge in [0.1, 0.15) is 23.9 Å². The Morgan fingerprint density at radius 3 is 2.05 bits per heavy atom. The van der Waals surface area contributed by atoms with Gasteiger partial charge in [0.25, 0.3) is 0 Å². The van der Waals surface area contributed by atoms with Gasteiger partial charge in [-0.15, -0.1) is 0 Å². The van der Waals surface area contributed by atoms with Crippen LogP contribution in [0.3, 0.4) is 0 Å². The highest BCUT2D eigenvalue weighted by Crippen LogP contribution is 2.27. The predicted molar refractivity (Wildman–Crippen MR) is 77.4 cm³/mol. The lowest BCUT2D eigenvalue weighted by molar-refractivity contribution is 0.306. The van der Waals surface area contributed by atoms with Crippen LogP contribution in [0.15, 0.2) is 18.2 Å². The number of hydrogen-bond acceptors (Lipinski definition) is 4. The van der Waals surface area contributed by atoms with Gasteiger partial charge in [0.2, 0.25) is 0 Å². The summed E-state index contributed by atoms with van der Waals surface area (Å²) in [5.41, 5.74) is 0. The second-order valence-electron chi connectivity index (χ2n) is 4.83. The summed E-state index contributed by atoms with van der Waals surface area (Å²) in [5, 5.41) is 3.36. The largest absolute Gasteiger partial charge is 0.496 e. The first-order valence-electron chi connectivity index (χ1n) is 6.72. The molecule has 0 aliphatic heterocycles. The molecule has 0 atom stereocenters. The molecule has 0 saturated heterocycles. The van der Waals surface area contributed by atoms with E-state index < -0.39 is 0 Å². The third-order valence-corrected chi connectivity index (χ3v) is 2.77. The maximum Gasteiger partial charge on any atom is 0.126 e. The summed E-state index contributed by atoms with van der Waals surface area (Å²) in [4.78, 5) is 0. The Balaban J connectivity index is 2.32. The van der Waals surface area contributed by atoms with Gasteiger partial charge in [0.05, 0.1) is 14.2 Å². The molecule has 0 aliphatic rings. The number of benzene rings is 1. The molecule has 1 aromatic carbocycles. The second-order valence-corrected chi connectivity index (χ2v) is 4.83. The zero-order chi connectivity index (χ0) is 14.1. The van der Waals surface area contributed by atoms with Crippen molar-refractivity contribution in [1.29, 1.82) is 0 Å². The fourth-order valence-electron chi connectivity index (χ4n) is 1.62. The monoisotopic (exact) mass is 267 g/mol. The van der Waals surface area contributed by atoms with Crippen molar-refractivity contribution >= 4 is 0 Å². The molecule has 0 radical (unpaired) electrons. The molecule has 0 aliphatic carbocycles. The van der Waals surface area contributed by atoms with Gasteiger partial charge in [-0.25, -0.2) is 0 Å². The van der Waals surface area contributed by atoms with Gasteiger partial charge in [-0.2, -0.15) is 0 Å². The highest BCUT2D eigenvalue weighted by Gasteiger charge is 2.02. The molecular formula is C15H25NO3. The van der Waals surface area contributed by atoms with Crippen molar-refractivity contribution in [1.82, 2.24) is 5.32 Å². The zero-order valence-corrected chi connectivity index (χ0v) is 12.4. The van der Waals surface area contributed by atoms with E-state index in [1.54, 1.807) is 14.2 Å². The molecule has 0 aromatic heterocycles. The van der Waals surface area contributed by atoms with E-state index in [1.807, 2.05) is 18.2 Å². The quantitative estimate of drug-likeness (QED) is 0.698. The van der Waals surface area contributed by atoms with Gasteiger partial charge in [-0.05, 0) is 18.9 Å².